The Bertz CT molecular complexity index is 1750. The number of rotatable bonds is 14. The van der Waals surface area contributed by atoms with Gasteiger partial charge >= 0.3 is 6.18 Å². The molecular weight excluding hydrogens is 625 g/mol. The summed E-state index contributed by atoms with van der Waals surface area (Å²) in [6, 6.07) is 18.0. The molecule has 0 saturated carbocycles. The maximum Gasteiger partial charge on any atom is 0.416 e. The zero-order valence-corrected chi connectivity index (χ0v) is 26.3. The molecule has 0 bridgehead atoms. The van der Waals surface area contributed by atoms with Crippen LogP contribution in [0, 0.1) is 0 Å². The van der Waals surface area contributed by atoms with Gasteiger partial charge in [0, 0.05) is 54.7 Å². The fraction of sp³-hybridized carbons (Fsp3) is 0.333. The lowest BCUT2D eigenvalue weighted by Gasteiger charge is -2.29. The molecule has 0 atom stereocenters. The highest BCUT2D eigenvalue weighted by molar-refractivity contribution is 6.11. The number of piperidine rings is 1. The number of nitrogens with one attached hydrogen (secondary N) is 1. The van der Waals surface area contributed by atoms with Crippen molar-refractivity contribution in [2.75, 3.05) is 43.1 Å². The molecular formula is C36H37F3N4O5. The number of anilines is 2. The number of halogens is 3. The average molecular weight is 663 g/mol. The zero-order chi connectivity index (χ0) is 34.1. The number of hydrogen-bond donors (Lipinski definition) is 2. The van der Waals surface area contributed by atoms with E-state index in [1.54, 1.807) is 36.4 Å². The molecule has 1 aliphatic heterocycles. The second kappa shape index (κ2) is 15.9. The van der Waals surface area contributed by atoms with E-state index in [0.717, 1.165) is 50.2 Å². The number of alkyl halides is 3. The first kappa shape index (κ1) is 34.5. The monoisotopic (exact) mass is 662 g/mol. The number of amides is 1. The van der Waals surface area contributed by atoms with Crippen LogP contribution >= 0.6 is 0 Å². The molecule has 1 amide bonds. The molecule has 9 nitrogen and oxygen atoms in total. The highest BCUT2D eigenvalue weighted by atomic mass is 19.4. The van der Waals surface area contributed by atoms with E-state index in [1.807, 2.05) is 6.07 Å². The SMILES string of the molecule is O=C(CCCOCCO)c1cccc(C(=O)Nc2ccc(N3CCCCC3)cc2C(=O)Cc2ccn(-c3cccc(C(F)(F)F)c3)n2)c1. The Balaban J connectivity index is 1.35. The Labute approximate surface area is 276 Å². The molecule has 0 spiro atoms. The van der Waals surface area contributed by atoms with Crippen LogP contribution in [0.2, 0.25) is 0 Å². The number of hydrogen-bond acceptors (Lipinski definition) is 7. The first-order chi connectivity index (χ1) is 23.1. The summed E-state index contributed by atoms with van der Waals surface area (Å²) in [6.07, 6.45) is 0.725. The fourth-order valence-electron chi connectivity index (χ4n) is 5.58. The van der Waals surface area contributed by atoms with Crippen molar-refractivity contribution < 1.29 is 37.4 Å². The second-order valence-corrected chi connectivity index (χ2v) is 11.6. The van der Waals surface area contributed by atoms with Gasteiger partial charge in [-0.25, -0.2) is 4.68 Å². The molecule has 12 heteroatoms. The minimum Gasteiger partial charge on any atom is -0.394 e. The quantitative estimate of drug-likeness (QED) is 0.117. The Hall–Kier alpha value is -4.81. The first-order valence-electron chi connectivity index (χ1n) is 15.9. The number of aliphatic hydroxyl groups excluding tert-OH is 1. The number of nitrogens with zero attached hydrogens (tertiary/aromatic N) is 3. The Morgan fingerprint density at radius 2 is 1.62 bits per heavy atom. The van der Waals surface area contributed by atoms with E-state index in [9.17, 15) is 27.6 Å². The predicted octanol–water partition coefficient (Wildman–Crippen LogP) is 6.53. The van der Waals surface area contributed by atoms with Crippen molar-refractivity contribution in [1.82, 2.24) is 9.78 Å². The summed E-state index contributed by atoms with van der Waals surface area (Å²) in [7, 11) is 0. The highest BCUT2D eigenvalue weighted by Crippen LogP contribution is 2.31. The van der Waals surface area contributed by atoms with Crippen LogP contribution in [0.5, 0.6) is 0 Å². The van der Waals surface area contributed by atoms with E-state index in [2.05, 4.69) is 15.3 Å². The van der Waals surface area contributed by atoms with Crippen LogP contribution in [0.4, 0.5) is 24.5 Å². The van der Waals surface area contributed by atoms with Crippen molar-refractivity contribution in [3.05, 3.63) is 107 Å². The van der Waals surface area contributed by atoms with Gasteiger partial charge in [0.15, 0.2) is 11.6 Å². The topological polar surface area (TPSA) is 114 Å². The van der Waals surface area contributed by atoms with Crippen LogP contribution < -0.4 is 10.2 Å². The molecule has 252 valence electrons. The maximum absolute atomic E-state index is 13.8. The van der Waals surface area contributed by atoms with Crippen molar-refractivity contribution in [3.8, 4) is 5.69 Å². The normalized spacial score (nSPS) is 13.4. The molecule has 1 aliphatic rings. The molecule has 2 N–H and O–H groups in total. The molecule has 48 heavy (non-hydrogen) atoms. The molecule has 4 aromatic rings. The summed E-state index contributed by atoms with van der Waals surface area (Å²) in [6.45, 7) is 2.13. The molecule has 0 aliphatic carbocycles. The third-order valence-electron chi connectivity index (χ3n) is 8.07. The largest absolute Gasteiger partial charge is 0.416 e. The lowest BCUT2D eigenvalue weighted by Crippen LogP contribution is -2.29. The van der Waals surface area contributed by atoms with Crippen molar-refractivity contribution in [2.45, 2.75) is 44.7 Å². The van der Waals surface area contributed by atoms with Gasteiger partial charge in [0.05, 0.1) is 42.3 Å². The van der Waals surface area contributed by atoms with Gasteiger partial charge in [0.25, 0.3) is 5.91 Å². The molecule has 0 unspecified atom stereocenters. The zero-order valence-electron chi connectivity index (χ0n) is 26.3. The van der Waals surface area contributed by atoms with Crippen LogP contribution in [0.15, 0.2) is 79.0 Å². The van der Waals surface area contributed by atoms with E-state index < -0.39 is 17.6 Å². The van der Waals surface area contributed by atoms with E-state index in [4.69, 9.17) is 9.84 Å². The fourth-order valence-corrected chi connectivity index (χ4v) is 5.58. The predicted molar refractivity (Wildman–Crippen MR) is 175 cm³/mol. The summed E-state index contributed by atoms with van der Waals surface area (Å²) in [4.78, 5) is 42.1. The van der Waals surface area contributed by atoms with Gasteiger partial charge in [0.2, 0.25) is 0 Å². The third-order valence-corrected chi connectivity index (χ3v) is 8.07. The van der Waals surface area contributed by atoms with Crippen LogP contribution in [0.3, 0.4) is 0 Å². The van der Waals surface area contributed by atoms with Gasteiger partial charge in [-0.3, -0.25) is 14.4 Å². The Kier molecular flexibility index (Phi) is 11.4. The number of ether oxygens (including phenoxy) is 1. The summed E-state index contributed by atoms with van der Waals surface area (Å²) in [5.74, 6) is -0.973. The Morgan fingerprint density at radius 1 is 0.854 bits per heavy atom. The molecule has 1 fully saturated rings. The number of Topliss-reactive ketones (excluding diaryl/α,β-unsaturated/α-hetero) is 2. The van der Waals surface area contributed by atoms with Crippen molar-refractivity contribution in [1.29, 1.82) is 0 Å². The molecule has 2 heterocycles. The van der Waals surface area contributed by atoms with Crippen LogP contribution in [0.25, 0.3) is 5.69 Å². The van der Waals surface area contributed by atoms with Crippen molar-refractivity contribution in [3.63, 3.8) is 0 Å². The summed E-state index contributed by atoms with van der Waals surface area (Å²) in [5.41, 5.74) is 1.79. The lowest BCUT2D eigenvalue weighted by atomic mass is 10.0. The summed E-state index contributed by atoms with van der Waals surface area (Å²) in [5, 5.41) is 16.0. The standard InChI is InChI=1S/C36H37F3N4O5/c37-36(38,39)27-9-5-10-30(22-27)43-17-14-28(41-43)23-34(46)31-24-29(42-15-2-1-3-16-42)12-13-32(31)40-35(47)26-8-4-7-25(21-26)33(45)11-6-19-48-20-18-44/h4-5,7-10,12-14,17,21-22,24,44H,1-3,6,11,15-16,18-20,23H2,(H,40,47). The van der Waals surface area contributed by atoms with Gasteiger partial charge in [0.1, 0.15) is 0 Å². The molecule has 0 radical (unpaired) electrons. The maximum atomic E-state index is 13.8. The molecule has 1 aromatic heterocycles. The Morgan fingerprint density at radius 3 is 2.40 bits per heavy atom. The number of carbonyl (C=O) groups excluding carboxylic acids is 3. The first-order valence-corrected chi connectivity index (χ1v) is 15.9. The van der Waals surface area contributed by atoms with E-state index in [0.29, 0.717) is 30.0 Å². The number of aliphatic hydroxyl groups is 1. The van der Waals surface area contributed by atoms with Gasteiger partial charge in [-0.15, -0.1) is 0 Å². The minimum absolute atomic E-state index is 0.0902. The van der Waals surface area contributed by atoms with E-state index >= 15 is 0 Å². The molecule has 3 aromatic carbocycles. The minimum atomic E-state index is -4.50. The van der Waals surface area contributed by atoms with Gasteiger partial charge < -0.3 is 20.1 Å². The van der Waals surface area contributed by atoms with Gasteiger partial charge in [-0.05, 0) is 80.3 Å². The van der Waals surface area contributed by atoms with Crippen LogP contribution in [0.1, 0.15) is 74.4 Å². The second-order valence-electron chi connectivity index (χ2n) is 11.6. The number of benzene rings is 3. The molecule has 1 saturated heterocycles. The van der Waals surface area contributed by atoms with Crippen LogP contribution in [-0.2, 0) is 17.3 Å². The molecule has 5 rings (SSSR count). The smallest absolute Gasteiger partial charge is 0.394 e. The van der Waals surface area contributed by atoms with Crippen LogP contribution in [-0.4, -0.2) is 65.3 Å². The summed E-state index contributed by atoms with van der Waals surface area (Å²) >= 11 is 0. The number of carbonyl (C=O) groups is 3. The van der Waals surface area contributed by atoms with Gasteiger partial charge in [-0.1, -0.05) is 18.2 Å². The van der Waals surface area contributed by atoms with Crippen molar-refractivity contribution in [2.24, 2.45) is 0 Å². The van der Waals surface area contributed by atoms with E-state index in [1.165, 1.54) is 29.1 Å². The number of aromatic nitrogens is 2. The summed E-state index contributed by atoms with van der Waals surface area (Å²) < 4.78 is 46.3. The average Bonchev–Trinajstić information content (AvgIpc) is 3.56. The van der Waals surface area contributed by atoms with E-state index in [-0.39, 0.29) is 54.4 Å². The van der Waals surface area contributed by atoms with Gasteiger partial charge in [-0.2, -0.15) is 18.3 Å². The highest BCUT2D eigenvalue weighted by Gasteiger charge is 2.30. The third kappa shape index (κ3) is 8.96. The number of ketones is 2. The van der Waals surface area contributed by atoms with Crippen molar-refractivity contribution >= 4 is 28.8 Å². The lowest BCUT2D eigenvalue weighted by molar-refractivity contribution is -0.137.